The first-order valence-electron chi connectivity index (χ1n) is 9.15. The van der Waals surface area contributed by atoms with E-state index in [1.54, 1.807) is 21.9 Å². The van der Waals surface area contributed by atoms with E-state index in [1.165, 1.54) is 12.1 Å². The number of carboxylic acids is 1. The minimum absolute atomic E-state index is 0.0261. The molecule has 0 bridgehead atoms. The summed E-state index contributed by atoms with van der Waals surface area (Å²) in [6.45, 7) is 3.87. The molecule has 0 radical (unpaired) electrons. The first-order valence-corrected chi connectivity index (χ1v) is 9.15. The van der Waals surface area contributed by atoms with Gasteiger partial charge in [0.1, 0.15) is 0 Å². The number of amides is 3. The standard InChI is InChI=1S/C21H23N3O4/c1-15-3-2-4-18(13-15)22-21(28)24-11-9-23(10-12-24)19(25)14-16-5-7-17(8-6-16)20(26)27/h2-8,13H,9-12,14H2,1H3,(H,22,28)(H,26,27). The topological polar surface area (TPSA) is 90.0 Å². The largest absolute Gasteiger partial charge is 0.478 e. The van der Waals surface area contributed by atoms with E-state index in [-0.39, 0.29) is 23.9 Å². The van der Waals surface area contributed by atoms with Crippen LogP contribution in [0.25, 0.3) is 0 Å². The first-order chi connectivity index (χ1) is 13.4. The van der Waals surface area contributed by atoms with E-state index < -0.39 is 5.97 Å². The van der Waals surface area contributed by atoms with Crippen LogP contribution in [0.1, 0.15) is 21.5 Å². The molecule has 1 saturated heterocycles. The minimum Gasteiger partial charge on any atom is -0.478 e. The maximum atomic E-state index is 12.5. The van der Waals surface area contributed by atoms with Crippen LogP contribution in [-0.4, -0.2) is 59.0 Å². The lowest BCUT2D eigenvalue weighted by Crippen LogP contribution is -2.52. The zero-order valence-corrected chi connectivity index (χ0v) is 15.7. The smallest absolute Gasteiger partial charge is 0.335 e. The molecule has 2 aromatic rings. The average Bonchev–Trinajstić information content (AvgIpc) is 2.68. The predicted molar refractivity (Wildman–Crippen MR) is 105 cm³/mol. The number of carbonyl (C=O) groups is 3. The van der Waals surface area contributed by atoms with Crippen LogP contribution in [0.15, 0.2) is 48.5 Å². The molecule has 28 heavy (non-hydrogen) atoms. The van der Waals surface area contributed by atoms with Crippen molar-refractivity contribution in [1.29, 1.82) is 0 Å². The van der Waals surface area contributed by atoms with Crippen LogP contribution in [0.2, 0.25) is 0 Å². The number of nitrogens with zero attached hydrogens (tertiary/aromatic N) is 2. The number of hydrogen-bond donors (Lipinski definition) is 2. The van der Waals surface area contributed by atoms with Gasteiger partial charge < -0.3 is 20.2 Å². The normalized spacial score (nSPS) is 13.9. The number of aryl methyl sites for hydroxylation is 1. The number of urea groups is 1. The lowest BCUT2D eigenvalue weighted by atomic mass is 10.1. The highest BCUT2D eigenvalue weighted by molar-refractivity contribution is 5.90. The zero-order chi connectivity index (χ0) is 20.1. The number of anilines is 1. The molecule has 7 heteroatoms. The molecular formula is C21H23N3O4. The van der Waals surface area contributed by atoms with Crippen LogP contribution in [-0.2, 0) is 11.2 Å². The molecule has 1 aliphatic rings. The summed E-state index contributed by atoms with van der Waals surface area (Å²) in [7, 11) is 0. The SMILES string of the molecule is Cc1cccc(NC(=O)N2CCN(C(=O)Cc3ccc(C(=O)O)cc3)CC2)c1. The third-order valence-corrected chi connectivity index (χ3v) is 4.75. The summed E-state index contributed by atoms with van der Waals surface area (Å²) in [6, 6.07) is 13.8. The molecule has 1 fully saturated rings. The number of rotatable bonds is 4. The van der Waals surface area contributed by atoms with Gasteiger partial charge in [-0.05, 0) is 42.3 Å². The average molecular weight is 381 g/mol. The maximum absolute atomic E-state index is 12.5. The van der Waals surface area contributed by atoms with E-state index >= 15 is 0 Å². The molecule has 2 N–H and O–H groups in total. The number of benzene rings is 2. The molecule has 3 rings (SSSR count). The highest BCUT2D eigenvalue weighted by atomic mass is 16.4. The third-order valence-electron chi connectivity index (χ3n) is 4.75. The molecule has 1 heterocycles. The van der Waals surface area contributed by atoms with Crippen LogP contribution in [0.4, 0.5) is 10.5 Å². The molecule has 7 nitrogen and oxygen atoms in total. The molecule has 0 saturated carbocycles. The number of hydrogen-bond acceptors (Lipinski definition) is 3. The second kappa shape index (κ2) is 8.56. The summed E-state index contributed by atoms with van der Waals surface area (Å²) >= 11 is 0. The Bertz CT molecular complexity index is 871. The molecular weight excluding hydrogens is 358 g/mol. The van der Waals surface area contributed by atoms with Gasteiger partial charge >= 0.3 is 12.0 Å². The summed E-state index contributed by atoms with van der Waals surface area (Å²) in [5.74, 6) is -1.01. The van der Waals surface area contributed by atoms with Gasteiger partial charge in [-0.2, -0.15) is 0 Å². The quantitative estimate of drug-likeness (QED) is 0.852. The Morgan fingerprint density at radius 3 is 2.21 bits per heavy atom. The third kappa shape index (κ3) is 4.88. The lowest BCUT2D eigenvalue weighted by molar-refractivity contribution is -0.131. The zero-order valence-electron chi connectivity index (χ0n) is 15.7. The van der Waals surface area contributed by atoms with Gasteiger partial charge in [-0.3, -0.25) is 4.79 Å². The Kier molecular flexibility index (Phi) is 5.93. The van der Waals surface area contributed by atoms with Crippen LogP contribution >= 0.6 is 0 Å². The van der Waals surface area contributed by atoms with Gasteiger partial charge in [0.2, 0.25) is 5.91 Å². The molecule has 0 unspecified atom stereocenters. The Morgan fingerprint density at radius 1 is 0.964 bits per heavy atom. The number of nitrogens with one attached hydrogen (secondary N) is 1. The monoisotopic (exact) mass is 381 g/mol. The van der Waals surface area contributed by atoms with Gasteiger partial charge in [-0.25, -0.2) is 9.59 Å². The van der Waals surface area contributed by atoms with Gasteiger partial charge in [-0.15, -0.1) is 0 Å². The van der Waals surface area contributed by atoms with Crippen molar-refractivity contribution in [2.45, 2.75) is 13.3 Å². The van der Waals surface area contributed by atoms with E-state index in [2.05, 4.69) is 5.32 Å². The highest BCUT2D eigenvalue weighted by Gasteiger charge is 2.24. The number of carboxylic acid groups (broad SMARTS) is 1. The van der Waals surface area contributed by atoms with Crippen molar-refractivity contribution in [3.05, 3.63) is 65.2 Å². The molecule has 0 aromatic heterocycles. The van der Waals surface area contributed by atoms with E-state index in [1.807, 2.05) is 31.2 Å². The van der Waals surface area contributed by atoms with Gasteiger partial charge in [0.15, 0.2) is 0 Å². The molecule has 3 amide bonds. The van der Waals surface area contributed by atoms with Gasteiger partial charge in [0.05, 0.1) is 12.0 Å². The number of piperazine rings is 1. The second-order valence-corrected chi connectivity index (χ2v) is 6.85. The second-order valence-electron chi connectivity index (χ2n) is 6.85. The minimum atomic E-state index is -0.988. The Labute approximate surface area is 163 Å². The van der Waals surface area contributed by atoms with Crippen molar-refractivity contribution in [1.82, 2.24) is 9.80 Å². The molecule has 0 atom stereocenters. The van der Waals surface area contributed by atoms with Gasteiger partial charge in [0, 0.05) is 31.9 Å². The first kappa shape index (κ1) is 19.4. The van der Waals surface area contributed by atoms with E-state index in [0.29, 0.717) is 26.2 Å². The van der Waals surface area contributed by atoms with Crippen molar-refractivity contribution >= 4 is 23.6 Å². The van der Waals surface area contributed by atoms with Crippen molar-refractivity contribution in [3.63, 3.8) is 0 Å². The highest BCUT2D eigenvalue weighted by Crippen LogP contribution is 2.13. The van der Waals surface area contributed by atoms with Crippen LogP contribution in [0.5, 0.6) is 0 Å². The molecule has 0 spiro atoms. The Morgan fingerprint density at radius 2 is 1.61 bits per heavy atom. The van der Waals surface area contributed by atoms with Crippen molar-refractivity contribution in [2.75, 3.05) is 31.5 Å². The fourth-order valence-corrected chi connectivity index (χ4v) is 3.14. The Hall–Kier alpha value is -3.35. The fourth-order valence-electron chi connectivity index (χ4n) is 3.14. The summed E-state index contributed by atoms with van der Waals surface area (Å²) < 4.78 is 0. The lowest BCUT2D eigenvalue weighted by Gasteiger charge is -2.34. The van der Waals surface area contributed by atoms with Gasteiger partial charge in [0.25, 0.3) is 0 Å². The van der Waals surface area contributed by atoms with Crippen LogP contribution < -0.4 is 5.32 Å². The summed E-state index contributed by atoms with van der Waals surface area (Å²) in [5, 5.41) is 11.8. The molecule has 2 aromatic carbocycles. The van der Waals surface area contributed by atoms with Crippen LogP contribution in [0.3, 0.4) is 0 Å². The summed E-state index contributed by atoms with van der Waals surface area (Å²) in [6.07, 6.45) is 0.218. The van der Waals surface area contributed by atoms with Crippen LogP contribution in [0, 0.1) is 6.92 Å². The number of carbonyl (C=O) groups excluding carboxylic acids is 2. The molecule has 1 aliphatic heterocycles. The molecule has 146 valence electrons. The van der Waals surface area contributed by atoms with Crippen molar-refractivity contribution in [3.8, 4) is 0 Å². The number of aromatic carboxylic acids is 1. The van der Waals surface area contributed by atoms with E-state index in [0.717, 1.165) is 16.8 Å². The van der Waals surface area contributed by atoms with Crippen molar-refractivity contribution < 1.29 is 19.5 Å². The molecule has 0 aliphatic carbocycles. The van der Waals surface area contributed by atoms with Crippen molar-refractivity contribution in [2.24, 2.45) is 0 Å². The van der Waals surface area contributed by atoms with E-state index in [9.17, 15) is 14.4 Å². The fraction of sp³-hybridized carbons (Fsp3) is 0.286. The summed E-state index contributed by atoms with van der Waals surface area (Å²) in [4.78, 5) is 39.2. The van der Waals surface area contributed by atoms with E-state index in [4.69, 9.17) is 5.11 Å². The van der Waals surface area contributed by atoms with Gasteiger partial charge in [-0.1, -0.05) is 24.3 Å². The summed E-state index contributed by atoms with van der Waals surface area (Å²) in [5.41, 5.74) is 2.80. The Balaban J connectivity index is 1.49. The maximum Gasteiger partial charge on any atom is 0.335 e. The predicted octanol–water partition coefficient (Wildman–Crippen LogP) is 2.61.